The Kier molecular flexibility index (Phi) is 6.02. The third kappa shape index (κ3) is 4.17. The van der Waals surface area contributed by atoms with Gasteiger partial charge in [0.25, 0.3) is 11.5 Å². The summed E-state index contributed by atoms with van der Waals surface area (Å²) in [4.78, 5) is 40.9. The molecule has 1 atom stereocenters. The van der Waals surface area contributed by atoms with Gasteiger partial charge in [-0.2, -0.15) is 0 Å². The van der Waals surface area contributed by atoms with Gasteiger partial charge in [0.2, 0.25) is 5.91 Å². The molecule has 0 bridgehead atoms. The number of halogens is 1. The van der Waals surface area contributed by atoms with Gasteiger partial charge in [0.1, 0.15) is 11.4 Å². The number of rotatable bonds is 4. The molecule has 1 aliphatic carbocycles. The fourth-order valence-electron chi connectivity index (χ4n) is 4.40. The lowest BCUT2D eigenvalue weighted by Crippen LogP contribution is -2.43. The number of hydrogen-bond acceptors (Lipinski definition) is 3. The number of nitrogens with one attached hydrogen (secondary N) is 1. The summed E-state index contributed by atoms with van der Waals surface area (Å²) in [5.41, 5.74) is 1.61. The van der Waals surface area contributed by atoms with E-state index >= 15 is 0 Å². The Balaban J connectivity index is 1.75. The van der Waals surface area contributed by atoms with Gasteiger partial charge in [-0.15, -0.1) is 0 Å². The predicted octanol–water partition coefficient (Wildman–Crippen LogP) is 2.97. The van der Waals surface area contributed by atoms with Gasteiger partial charge in [-0.05, 0) is 68.0 Å². The van der Waals surface area contributed by atoms with E-state index in [1.165, 1.54) is 28.8 Å². The van der Waals surface area contributed by atoms with Crippen LogP contribution in [0.2, 0.25) is 0 Å². The molecule has 0 fully saturated rings. The molecule has 1 unspecified atom stereocenters. The van der Waals surface area contributed by atoms with Crippen LogP contribution >= 0.6 is 0 Å². The molecule has 2 aromatic rings. The van der Waals surface area contributed by atoms with Crippen molar-refractivity contribution in [1.29, 1.82) is 0 Å². The molecule has 7 heteroatoms. The van der Waals surface area contributed by atoms with E-state index in [0.29, 0.717) is 37.3 Å². The van der Waals surface area contributed by atoms with E-state index in [2.05, 4.69) is 17.5 Å². The van der Waals surface area contributed by atoms with Crippen molar-refractivity contribution < 1.29 is 14.0 Å². The first-order chi connectivity index (χ1) is 15.0. The first kappa shape index (κ1) is 21.0. The van der Waals surface area contributed by atoms with Gasteiger partial charge in [0, 0.05) is 37.4 Å². The number of nitrogens with zero attached hydrogens (tertiary/aromatic N) is 2. The Hall–Kier alpha value is -3.22. The predicted molar refractivity (Wildman–Crippen MR) is 116 cm³/mol. The van der Waals surface area contributed by atoms with Crippen molar-refractivity contribution in [2.24, 2.45) is 5.92 Å². The topological polar surface area (TPSA) is 71.4 Å². The minimum absolute atomic E-state index is 0.0163. The third-order valence-corrected chi connectivity index (χ3v) is 6.00. The molecule has 2 aliphatic rings. The van der Waals surface area contributed by atoms with E-state index in [0.717, 1.165) is 24.8 Å². The molecule has 0 saturated carbocycles. The van der Waals surface area contributed by atoms with Crippen molar-refractivity contribution in [3.63, 3.8) is 0 Å². The molecule has 2 heterocycles. The number of aromatic nitrogens is 1. The van der Waals surface area contributed by atoms with E-state index in [1.54, 1.807) is 13.1 Å². The molecule has 4 rings (SSSR count). The van der Waals surface area contributed by atoms with Gasteiger partial charge in [0.15, 0.2) is 0 Å². The van der Waals surface area contributed by atoms with Gasteiger partial charge in [0.05, 0.1) is 0 Å². The second kappa shape index (κ2) is 8.88. The summed E-state index contributed by atoms with van der Waals surface area (Å²) in [5, 5.41) is 2.73. The summed E-state index contributed by atoms with van der Waals surface area (Å²) in [7, 11) is 0. The van der Waals surface area contributed by atoms with Gasteiger partial charge in [-0.3, -0.25) is 19.0 Å². The van der Waals surface area contributed by atoms with E-state index in [9.17, 15) is 18.8 Å². The Morgan fingerprint density at radius 2 is 1.97 bits per heavy atom. The summed E-state index contributed by atoms with van der Waals surface area (Å²) in [6.45, 7) is 3.03. The van der Waals surface area contributed by atoms with Crippen LogP contribution in [0.4, 0.5) is 4.39 Å². The number of amides is 2. The Labute approximate surface area is 180 Å². The van der Waals surface area contributed by atoms with Crippen LogP contribution in [0, 0.1) is 11.7 Å². The summed E-state index contributed by atoms with van der Waals surface area (Å²) >= 11 is 0. The van der Waals surface area contributed by atoms with Crippen LogP contribution in [-0.4, -0.2) is 34.4 Å². The number of hydrogen-bond donors (Lipinski definition) is 1. The highest BCUT2D eigenvalue weighted by Crippen LogP contribution is 2.26. The number of fused-ring (bicyclic) bond motifs is 1. The van der Waals surface area contributed by atoms with Gasteiger partial charge in [-0.1, -0.05) is 12.2 Å². The van der Waals surface area contributed by atoms with Crippen molar-refractivity contribution in [3.05, 3.63) is 75.5 Å². The highest BCUT2D eigenvalue weighted by molar-refractivity contribution is 5.96. The highest BCUT2D eigenvalue weighted by Gasteiger charge is 2.31. The zero-order chi connectivity index (χ0) is 22.0. The van der Waals surface area contributed by atoms with Gasteiger partial charge in [-0.25, -0.2) is 4.39 Å². The quantitative estimate of drug-likeness (QED) is 0.769. The normalized spacial score (nSPS) is 17.9. The van der Waals surface area contributed by atoms with E-state index < -0.39 is 17.3 Å². The number of carbonyl (C=O) groups excluding carboxylic acids is 2. The average molecular weight is 423 g/mol. The lowest BCUT2D eigenvalue weighted by molar-refractivity contribution is -0.136. The molecule has 1 N–H and O–H groups in total. The van der Waals surface area contributed by atoms with Crippen LogP contribution in [-0.2, 0) is 17.8 Å². The standard InChI is InChI=1S/C24H26FN3O3/c1-2-26-22(29)21-20-12-13-27(23(30)16-6-4-3-5-7-16)14-17(20)15-28(24(21)31)19-10-8-18(25)9-11-19/h3-4,8-11,15-16H,2,5-7,12-14H2,1H3,(H,26,29). The van der Waals surface area contributed by atoms with E-state index in [4.69, 9.17) is 0 Å². The molecular formula is C24H26FN3O3. The van der Waals surface area contributed by atoms with Crippen molar-refractivity contribution in [2.75, 3.05) is 13.1 Å². The molecule has 31 heavy (non-hydrogen) atoms. The summed E-state index contributed by atoms with van der Waals surface area (Å²) in [6, 6.07) is 5.56. The van der Waals surface area contributed by atoms with Crippen molar-refractivity contribution >= 4 is 11.8 Å². The molecule has 6 nitrogen and oxygen atoms in total. The Morgan fingerprint density at radius 1 is 1.19 bits per heavy atom. The minimum Gasteiger partial charge on any atom is -0.352 e. The third-order valence-electron chi connectivity index (χ3n) is 6.00. The smallest absolute Gasteiger partial charge is 0.268 e. The van der Waals surface area contributed by atoms with Crippen LogP contribution < -0.4 is 10.9 Å². The molecular weight excluding hydrogens is 397 g/mol. The lowest BCUT2D eigenvalue weighted by Gasteiger charge is -2.33. The van der Waals surface area contributed by atoms with Crippen LogP contribution in [0.3, 0.4) is 0 Å². The molecule has 1 aromatic heterocycles. The number of pyridine rings is 1. The van der Waals surface area contributed by atoms with E-state index in [1.807, 2.05) is 4.90 Å². The molecule has 0 radical (unpaired) electrons. The fourth-order valence-corrected chi connectivity index (χ4v) is 4.40. The molecule has 0 spiro atoms. The van der Waals surface area contributed by atoms with Crippen LogP contribution in [0.25, 0.3) is 5.69 Å². The number of benzene rings is 1. The van der Waals surface area contributed by atoms with Crippen LogP contribution in [0.1, 0.15) is 47.7 Å². The maximum Gasteiger partial charge on any atom is 0.268 e. The average Bonchev–Trinajstić information content (AvgIpc) is 2.79. The molecule has 0 saturated heterocycles. The monoisotopic (exact) mass is 423 g/mol. The SMILES string of the molecule is CCNC(=O)c1c2c(cn(-c3ccc(F)cc3)c1=O)CN(C(=O)C1CC=CCC1)CC2. The highest BCUT2D eigenvalue weighted by atomic mass is 19.1. The summed E-state index contributed by atoms with van der Waals surface area (Å²) in [5.74, 6) is -0.721. The Morgan fingerprint density at radius 3 is 2.65 bits per heavy atom. The molecule has 1 aliphatic heterocycles. The molecule has 1 aromatic carbocycles. The first-order valence-electron chi connectivity index (χ1n) is 10.7. The second-order valence-electron chi connectivity index (χ2n) is 8.01. The minimum atomic E-state index is -0.437. The maximum atomic E-state index is 13.4. The second-order valence-corrected chi connectivity index (χ2v) is 8.01. The largest absolute Gasteiger partial charge is 0.352 e. The summed E-state index contributed by atoms with van der Waals surface area (Å²) in [6.07, 6.45) is 8.81. The number of carbonyl (C=O) groups is 2. The fraction of sp³-hybridized carbons (Fsp3) is 0.375. The van der Waals surface area contributed by atoms with Gasteiger partial charge < -0.3 is 10.2 Å². The van der Waals surface area contributed by atoms with Crippen molar-refractivity contribution in [3.8, 4) is 5.69 Å². The van der Waals surface area contributed by atoms with Gasteiger partial charge >= 0.3 is 0 Å². The molecule has 162 valence electrons. The Bertz CT molecular complexity index is 1090. The lowest BCUT2D eigenvalue weighted by atomic mass is 9.91. The van der Waals surface area contributed by atoms with Crippen LogP contribution in [0.15, 0.2) is 47.4 Å². The van der Waals surface area contributed by atoms with E-state index in [-0.39, 0.29) is 17.4 Å². The number of allylic oxidation sites excluding steroid dienone is 2. The maximum absolute atomic E-state index is 13.4. The molecule has 2 amide bonds. The van der Waals surface area contributed by atoms with Crippen molar-refractivity contribution in [1.82, 2.24) is 14.8 Å². The van der Waals surface area contributed by atoms with Crippen LogP contribution in [0.5, 0.6) is 0 Å². The first-order valence-corrected chi connectivity index (χ1v) is 10.7. The summed E-state index contributed by atoms with van der Waals surface area (Å²) < 4.78 is 14.8. The zero-order valence-electron chi connectivity index (χ0n) is 17.6. The van der Waals surface area contributed by atoms with Crippen molar-refractivity contribution in [2.45, 2.75) is 39.2 Å². The zero-order valence-corrected chi connectivity index (χ0v) is 17.6.